The minimum absolute atomic E-state index is 0.234. The highest BCUT2D eigenvalue weighted by Gasteiger charge is 2.35. The molecule has 5 heteroatoms. The number of aromatic nitrogens is 2. The number of pyridine rings is 2. The Labute approximate surface area is 161 Å². The fourth-order valence-electron chi connectivity index (χ4n) is 4.14. The average molecular weight is 364 g/mol. The number of carbonyl (C=O) groups excluding carboxylic acids is 1. The third-order valence-electron chi connectivity index (χ3n) is 5.89. The summed E-state index contributed by atoms with van der Waals surface area (Å²) in [4.78, 5) is 26.2. The van der Waals surface area contributed by atoms with Crippen molar-refractivity contribution in [1.29, 1.82) is 0 Å². The van der Waals surface area contributed by atoms with Crippen LogP contribution in [-0.2, 0) is 17.9 Å². The minimum atomic E-state index is 0.234. The number of amides is 1. The molecule has 0 bridgehead atoms. The molecule has 27 heavy (non-hydrogen) atoms. The highest BCUT2D eigenvalue weighted by atomic mass is 16.2. The van der Waals surface area contributed by atoms with E-state index in [9.17, 15) is 4.79 Å². The molecule has 2 aromatic heterocycles. The van der Waals surface area contributed by atoms with Crippen molar-refractivity contribution in [2.45, 2.75) is 51.2 Å². The number of rotatable bonds is 6. The molecule has 1 atom stereocenters. The van der Waals surface area contributed by atoms with Crippen molar-refractivity contribution in [3.63, 3.8) is 0 Å². The van der Waals surface area contributed by atoms with Crippen LogP contribution in [0.2, 0.25) is 0 Å². The maximum Gasteiger partial charge on any atom is 0.226 e. The lowest BCUT2D eigenvalue weighted by Crippen LogP contribution is -2.51. The summed E-state index contributed by atoms with van der Waals surface area (Å²) >= 11 is 0. The van der Waals surface area contributed by atoms with Crippen molar-refractivity contribution >= 4 is 5.91 Å². The van der Waals surface area contributed by atoms with Gasteiger partial charge in [0.15, 0.2) is 0 Å². The summed E-state index contributed by atoms with van der Waals surface area (Å²) in [6.07, 6.45) is 12.9. The molecule has 0 aromatic carbocycles. The number of hydrogen-bond acceptors (Lipinski definition) is 4. The molecule has 1 saturated heterocycles. The van der Waals surface area contributed by atoms with Crippen LogP contribution in [-0.4, -0.2) is 44.8 Å². The molecule has 0 spiro atoms. The molecule has 1 unspecified atom stereocenters. The second kappa shape index (κ2) is 8.61. The van der Waals surface area contributed by atoms with Gasteiger partial charge in [-0.1, -0.05) is 12.5 Å². The molecule has 1 aliphatic carbocycles. The highest BCUT2D eigenvalue weighted by molar-refractivity contribution is 5.80. The van der Waals surface area contributed by atoms with Gasteiger partial charge < -0.3 is 4.90 Å². The van der Waals surface area contributed by atoms with E-state index >= 15 is 0 Å². The van der Waals surface area contributed by atoms with Crippen LogP contribution < -0.4 is 0 Å². The predicted molar refractivity (Wildman–Crippen MR) is 105 cm³/mol. The van der Waals surface area contributed by atoms with Gasteiger partial charge in [-0.15, -0.1) is 0 Å². The van der Waals surface area contributed by atoms with Crippen molar-refractivity contribution in [3.8, 4) is 0 Å². The molecule has 0 N–H and O–H groups in total. The molecule has 2 fully saturated rings. The molecule has 2 aliphatic rings. The lowest BCUT2D eigenvalue weighted by Gasteiger charge is -2.42. The predicted octanol–water partition coefficient (Wildman–Crippen LogP) is 3.27. The van der Waals surface area contributed by atoms with Gasteiger partial charge >= 0.3 is 0 Å². The Morgan fingerprint density at radius 2 is 1.89 bits per heavy atom. The zero-order valence-corrected chi connectivity index (χ0v) is 15.8. The van der Waals surface area contributed by atoms with Gasteiger partial charge in [0.05, 0.1) is 0 Å². The third-order valence-corrected chi connectivity index (χ3v) is 5.89. The second-order valence-electron chi connectivity index (χ2n) is 7.84. The van der Waals surface area contributed by atoms with E-state index in [0.717, 1.165) is 50.9 Å². The van der Waals surface area contributed by atoms with Gasteiger partial charge in [0, 0.05) is 56.4 Å². The molecular weight excluding hydrogens is 336 g/mol. The Morgan fingerprint density at radius 3 is 2.59 bits per heavy atom. The van der Waals surface area contributed by atoms with E-state index < -0.39 is 0 Å². The summed E-state index contributed by atoms with van der Waals surface area (Å²) in [5, 5.41) is 0. The molecule has 3 heterocycles. The summed E-state index contributed by atoms with van der Waals surface area (Å²) in [5.41, 5.74) is 2.41. The fraction of sp³-hybridized carbons (Fsp3) is 0.500. The Balaban J connectivity index is 1.47. The standard InChI is InChI=1S/C22H28N4O/c27-22(20-5-1-6-20)26(16-19-4-2-10-24-14-19)21-7-3-13-25(17-21)15-18-8-11-23-12-9-18/h2,4,8-12,14,20-21H,1,3,5-7,13,15-17H2. The first kappa shape index (κ1) is 18.1. The van der Waals surface area contributed by atoms with Gasteiger partial charge in [-0.05, 0) is 61.6 Å². The maximum absolute atomic E-state index is 13.2. The van der Waals surface area contributed by atoms with Gasteiger partial charge in [0.1, 0.15) is 0 Å². The summed E-state index contributed by atoms with van der Waals surface area (Å²) in [6, 6.07) is 8.48. The van der Waals surface area contributed by atoms with Crippen LogP contribution in [0.1, 0.15) is 43.2 Å². The highest BCUT2D eigenvalue weighted by Crippen LogP contribution is 2.31. The number of carbonyl (C=O) groups is 1. The van der Waals surface area contributed by atoms with Crippen LogP contribution in [0.5, 0.6) is 0 Å². The Morgan fingerprint density at radius 1 is 1.04 bits per heavy atom. The van der Waals surface area contributed by atoms with Crippen molar-refractivity contribution in [3.05, 3.63) is 60.2 Å². The first-order valence-corrected chi connectivity index (χ1v) is 10.1. The van der Waals surface area contributed by atoms with E-state index in [2.05, 4.69) is 38.0 Å². The van der Waals surface area contributed by atoms with Crippen LogP contribution >= 0.6 is 0 Å². The van der Waals surface area contributed by atoms with Crippen molar-refractivity contribution in [2.24, 2.45) is 5.92 Å². The van der Waals surface area contributed by atoms with Gasteiger partial charge in [-0.25, -0.2) is 0 Å². The maximum atomic E-state index is 13.2. The van der Waals surface area contributed by atoms with E-state index in [1.54, 1.807) is 6.20 Å². The van der Waals surface area contributed by atoms with Gasteiger partial charge in [0.2, 0.25) is 5.91 Å². The number of piperidine rings is 1. The quantitative estimate of drug-likeness (QED) is 0.789. The second-order valence-corrected chi connectivity index (χ2v) is 7.84. The van der Waals surface area contributed by atoms with E-state index in [0.29, 0.717) is 12.5 Å². The molecule has 4 rings (SSSR count). The average Bonchev–Trinajstić information content (AvgIpc) is 2.66. The molecule has 142 valence electrons. The fourth-order valence-corrected chi connectivity index (χ4v) is 4.14. The number of hydrogen-bond donors (Lipinski definition) is 0. The number of likely N-dealkylation sites (tertiary alicyclic amines) is 1. The lowest BCUT2D eigenvalue weighted by atomic mass is 9.83. The topological polar surface area (TPSA) is 49.3 Å². The third kappa shape index (κ3) is 4.53. The van der Waals surface area contributed by atoms with Gasteiger partial charge in [0.25, 0.3) is 0 Å². The van der Waals surface area contributed by atoms with Crippen molar-refractivity contribution in [2.75, 3.05) is 13.1 Å². The molecule has 1 amide bonds. The first-order chi connectivity index (χ1) is 13.3. The van der Waals surface area contributed by atoms with Crippen LogP contribution in [0.25, 0.3) is 0 Å². The van der Waals surface area contributed by atoms with Crippen molar-refractivity contribution in [1.82, 2.24) is 19.8 Å². The molecule has 5 nitrogen and oxygen atoms in total. The van der Waals surface area contributed by atoms with E-state index in [-0.39, 0.29) is 12.0 Å². The zero-order valence-electron chi connectivity index (χ0n) is 15.8. The molecule has 2 aromatic rings. The Hall–Kier alpha value is -2.27. The normalized spacial score (nSPS) is 20.8. The molecule has 1 saturated carbocycles. The van der Waals surface area contributed by atoms with Crippen LogP contribution in [0, 0.1) is 5.92 Å². The van der Waals surface area contributed by atoms with Gasteiger partial charge in [-0.3, -0.25) is 19.7 Å². The van der Waals surface area contributed by atoms with E-state index in [4.69, 9.17) is 0 Å². The monoisotopic (exact) mass is 364 g/mol. The van der Waals surface area contributed by atoms with Crippen LogP contribution in [0.4, 0.5) is 0 Å². The Bertz CT molecular complexity index is 732. The smallest absolute Gasteiger partial charge is 0.226 e. The zero-order chi connectivity index (χ0) is 18.5. The van der Waals surface area contributed by atoms with Crippen molar-refractivity contribution < 1.29 is 4.79 Å². The SMILES string of the molecule is O=C(C1CCC1)N(Cc1cccnc1)C1CCCN(Cc2ccncc2)C1. The number of nitrogens with zero attached hydrogens (tertiary/aromatic N) is 4. The van der Waals surface area contributed by atoms with Gasteiger partial charge in [-0.2, -0.15) is 0 Å². The van der Waals surface area contributed by atoms with Crippen LogP contribution in [0.15, 0.2) is 49.1 Å². The molecular formula is C22H28N4O. The lowest BCUT2D eigenvalue weighted by molar-refractivity contribution is -0.142. The first-order valence-electron chi connectivity index (χ1n) is 10.1. The van der Waals surface area contributed by atoms with Crippen LogP contribution in [0.3, 0.4) is 0 Å². The van der Waals surface area contributed by atoms with E-state index in [1.165, 1.54) is 12.0 Å². The summed E-state index contributed by atoms with van der Waals surface area (Å²) < 4.78 is 0. The minimum Gasteiger partial charge on any atom is -0.334 e. The summed E-state index contributed by atoms with van der Waals surface area (Å²) in [6.45, 7) is 3.65. The largest absolute Gasteiger partial charge is 0.334 e. The van der Waals surface area contributed by atoms with E-state index in [1.807, 2.05) is 24.7 Å². The molecule has 1 aliphatic heterocycles. The molecule has 0 radical (unpaired) electrons. The Kier molecular flexibility index (Phi) is 5.78. The summed E-state index contributed by atoms with van der Waals surface area (Å²) in [5.74, 6) is 0.582. The summed E-state index contributed by atoms with van der Waals surface area (Å²) in [7, 11) is 0.